The van der Waals surface area contributed by atoms with Crippen molar-refractivity contribution in [3.05, 3.63) is 56.9 Å². The zero-order chi connectivity index (χ0) is 13.8. The lowest BCUT2D eigenvalue weighted by molar-refractivity contribution is -0.385. The molecule has 6 nitrogen and oxygen atoms in total. The van der Waals surface area contributed by atoms with Crippen molar-refractivity contribution < 1.29 is 4.92 Å². The minimum Gasteiger partial charge on any atom is -0.361 e. The lowest BCUT2D eigenvalue weighted by Crippen LogP contribution is -2.10. The van der Waals surface area contributed by atoms with Gasteiger partial charge in [-0.2, -0.15) is 0 Å². The molecule has 0 saturated heterocycles. The Bertz CT molecular complexity index is 592. The fraction of sp³-hybridized carbons (Fsp3) is 0.167. The molecule has 0 aliphatic rings. The molecule has 0 aromatic carbocycles. The molecule has 2 aromatic rings. The van der Waals surface area contributed by atoms with Gasteiger partial charge in [-0.25, -0.2) is 4.98 Å². The second kappa shape index (κ2) is 5.75. The third-order valence-electron chi connectivity index (χ3n) is 2.52. The molecule has 0 radical (unpaired) electrons. The average molecular weight is 323 g/mol. The molecule has 0 spiro atoms. The molecule has 98 valence electrons. The predicted octanol–water partition coefficient (Wildman–Crippen LogP) is 3.32. The van der Waals surface area contributed by atoms with Crippen LogP contribution in [-0.4, -0.2) is 14.9 Å². The maximum absolute atomic E-state index is 10.6. The first-order valence-corrected chi connectivity index (χ1v) is 6.34. The normalized spacial score (nSPS) is 11.9. The first-order valence-electron chi connectivity index (χ1n) is 5.55. The van der Waals surface area contributed by atoms with Crippen LogP contribution in [0.3, 0.4) is 0 Å². The highest BCUT2D eigenvalue weighted by molar-refractivity contribution is 9.10. The van der Waals surface area contributed by atoms with Crippen molar-refractivity contribution in [1.29, 1.82) is 0 Å². The Hall–Kier alpha value is -2.02. The number of hydrogen-bond acceptors (Lipinski definition) is 5. The van der Waals surface area contributed by atoms with Gasteiger partial charge in [0.05, 0.1) is 21.1 Å². The highest BCUT2D eigenvalue weighted by Gasteiger charge is 2.13. The molecule has 0 aliphatic carbocycles. The topological polar surface area (TPSA) is 81.0 Å². The summed E-state index contributed by atoms with van der Waals surface area (Å²) < 4.78 is 0.546. The maximum atomic E-state index is 10.6. The molecule has 0 fully saturated rings. The molecule has 1 unspecified atom stereocenters. The molecule has 1 N–H and O–H groups in total. The minimum atomic E-state index is -0.482. The van der Waals surface area contributed by atoms with Crippen molar-refractivity contribution in [2.24, 2.45) is 0 Å². The Balaban J connectivity index is 2.18. The van der Waals surface area contributed by atoms with Crippen molar-refractivity contribution in [2.45, 2.75) is 13.0 Å². The van der Waals surface area contributed by atoms with Gasteiger partial charge < -0.3 is 5.32 Å². The number of aromatic nitrogens is 2. The van der Waals surface area contributed by atoms with Crippen LogP contribution in [0.15, 0.2) is 41.1 Å². The summed E-state index contributed by atoms with van der Waals surface area (Å²) in [4.78, 5) is 18.4. The number of hydrogen-bond donors (Lipinski definition) is 1. The van der Waals surface area contributed by atoms with Gasteiger partial charge in [-0.15, -0.1) is 0 Å². The third-order valence-corrected chi connectivity index (χ3v) is 3.13. The number of nitrogens with one attached hydrogen (secondary N) is 1. The molecule has 7 heteroatoms. The number of rotatable bonds is 4. The lowest BCUT2D eigenvalue weighted by atomic mass is 10.2. The van der Waals surface area contributed by atoms with E-state index in [2.05, 4.69) is 31.2 Å². The number of halogens is 1. The zero-order valence-corrected chi connectivity index (χ0v) is 11.7. The van der Waals surface area contributed by atoms with E-state index in [9.17, 15) is 10.1 Å². The Morgan fingerprint density at radius 1 is 1.42 bits per heavy atom. The molecule has 0 aliphatic heterocycles. The first-order chi connectivity index (χ1) is 9.08. The van der Waals surface area contributed by atoms with Crippen molar-refractivity contribution in [3.63, 3.8) is 0 Å². The quantitative estimate of drug-likeness (QED) is 0.689. The summed E-state index contributed by atoms with van der Waals surface area (Å²) in [5, 5.41) is 13.8. The van der Waals surface area contributed by atoms with Crippen molar-refractivity contribution in [3.8, 4) is 0 Å². The largest absolute Gasteiger partial charge is 0.361 e. The van der Waals surface area contributed by atoms with Crippen LogP contribution in [0.25, 0.3) is 0 Å². The highest BCUT2D eigenvalue weighted by atomic mass is 79.9. The summed E-state index contributed by atoms with van der Waals surface area (Å²) >= 11 is 3.27. The Morgan fingerprint density at radius 3 is 2.79 bits per heavy atom. The van der Waals surface area contributed by atoms with E-state index in [0.29, 0.717) is 10.3 Å². The van der Waals surface area contributed by atoms with E-state index >= 15 is 0 Å². The molecule has 2 rings (SSSR count). The van der Waals surface area contributed by atoms with Crippen LogP contribution in [-0.2, 0) is 0 Å². The van der Waals surface area contributed by atoms with Gasteiger partial charge in [0.25, 0.3) is 5.69 Å². The predicted molar refractivity (Wildman–Crippen MR) is 74.9 cm³/mol. The van der Waals surface area contributed by atoms with Gasteiger partial charge in [-0.3, -0.25) is 15.1 Å². The summed E-state index contributed by atoms with van der Waals surface area (Å²) in [5.41, 5.74) is 0.817. The maximum Gasteiger partial charge on any atom is 0.288 e. The van der Waals surface area contributed by atoms with E-state index in [0.717, 1.165) is 5.69 Å². The van der Waals surface area contributed by atoms with Crippen molar-refractivity contribution in [1.82, 2.24) is 9.97 Å². The van der Waals surface area contributed by atoms with Crippen LogP contribution in [0, 0.1) is 10.1 Å². The Labute approximate surface area is 118 Å². The van der Waals surface area contributed by atoms with Crippen LogP contribution < -0.4 is 5.32 Å². The lowest BCUT2D eigenvalue weighted by Gasteiger charge is -2.14. The molecule has 1 atom stereocenters. The average Bonchev–Trinajstić information content (AvgIpc) is 2.41. The highest BCUT2D eigenvalue weighted by Crippen LogP contribution is 2.27. The molecule has 0 amide bonds. The SMILES string of the molecule is CC(Nc1ncc([N+](=O)[O-])cc1Br)c1ccccn1. The summed E-state index contributed by atoms with van der Waals surface area (Å²) in [6, 6.07) is 7.01. The molecular weight excluding hydrogens is 312 g/mol. The van der Waals surface area contributed by atoms with E-state index in [1.165, 1.54) is 12.3 Å². The Kier molecular flexibility index (Phi) is 4.06. The first kappa shape index (κ1) is 13.4. The fourth-order valence-electron chi connectivity index (χ4n) is 1.54. The second-order valence-electron chi connectivity index (χ2n) is 3.90. The van der Waals surface area contributed by atoms with E-state index in [1.807, 2.05) is 25.1 Å². The summed E-state index contributed by atoms with van der Waals surface area (Å²) in [6.45, 7) is 1.94. The Morgan fingerprint density at radius 2 is 2.21 bits per heavy atom. The molecule has 0 saturated carbocycles. The molecule has 0 bridgehead atoms. The van der Waals surface area contributed by atoms with E-state index in [4.69, 9.17) is 0 Å². The molecular formula is C12H11BrN4O2. The van der Waals surface area contributed by atoms with Crippen molar-refractivity contribution >= 4 is 27.4 Å². The van der Waals surface area contributed by atoms with Gasteiger partial charge >= 0.3 is 0 Å². The van der Waals surface area contributed by atoms with Crippen molar-refractivity contribution in [2.75, 3.05) is 5.32 Å². The van der Waals surface area contributed by atoms with Crippen LogP contribution >= 0.6 is 15.9 Å². The van der Waals surface area contributed by atoms with Crippen LogP contribution in [0.2, 0.25) is 0 Å². The van der Waals surface area contributed by atoms with Crippen LogP contribution in [0.5, 0.6) is 0 Å². The molecule has 2 aromatic heterocycles. The number of anilines is 1. The number of nitro groups is 1. The van der Waals surface area contributed by atoms with Crippen LogP contribution in [0.1, 0.15) is 18.7 Å². The summed E-state index contributed by atoms with van der Waals surface area (Å²) in [6.07, 6.45) is 2.93. The fourth-order valence-corrected chi connectivity index (χ4v) is 2.00. The number of pyridine rings is 2. The van der Waals surface area contributed by atoms with Gasteiger partial charge in [-0.1, -0.05) is 6.07 Å². The smallest absolute Gasteiger partial charge is 0.288 e. The zero-order valence-electron chi connectivity index (χ0n) is 10.1. The van der Waals surface area contributed by atoms with Gasteiger partial charge in [-0.05, 0) is 35.0 Å². The standard InChI is InChI=1S/C12H11BrN4O2/c1-8(11-4-2-3-5-14-11)16-12-10(13)6-9(7-15-12)17(18)19/h2-8H,1H3,(H,15,16). The van der Waals surface area contributed by atoms with Gasteiger partial charge in [0.2, 0.25) is 0 Å². The van der Waals surface area contributed by atoms with Gasteiger partial charge in [0, 0.05) is 12.3 Å². The molecule has 2 heterocycles. The number of nitrogens with zero attached hydrogens (tertiary/aromatic N) is 3. The summed E-state index contributed by atoms with van der Waals surface area (Å²) in [5.74, 6) is 0.545. The van der Waals surface area contributed by atoms with Gasteiger partial charge in [0.1, 0.15) is 12.0 Å². The monoisotopic (exact) mass is 322 g/mol. The molecule has 19 heavy (non-hydrogen) atoms. The van der Waals surface area contributed by atoms with E-state index in [-0.39, 0.29) is 11.7 Å². The van der Waals surface area contributed by atoms with E-state index in [1.54, 1.807) is 6.20 Å². The van der Waals surface area contributed by atoms with E-state index < -0.39 is 4.92 Å². The summed E-state index contributed by atoms with van der Waals surface area (Å²) in [7, 11) is 0. The van der Waals surface area contributed by atoms with Crippen LogP contribution in [0.4, 0.5) is 11.5 Å². The minimum absolute atomic E-state index is 0.0496. The van der Waals surface area contributed by atoms with Gasteiger partial charge in [0.15, 0.2) is 0 Å². The second-order valence-corrected chi connectivity index (χ2v) is 4.76. The third kappa shape index (κ3) is 3.25.